The molecule has 4 nitrogen and oxygen atoms in total. The number of hydrogen-bond donors (Lipinski definition) is 0. The Morgan fingerprint density at radius 3 is 2.43 bits per heavy atom. The van der Waals surface area contributed by atoms with Gasteiger partial charge in [0.15, 0.2) is 5.65 Å². The van der Waals surface area contributed by atoms with Crippen LogP contribution in [0, 0.1) is 0 Å². The Bertz CT molecular complexity index is 818. The van der Waals surface area contributed by atoms with Crippen molar-refractivity contribution in [2.75, 3.05) is 0 Å². The fourth-order valence-corrected chi connectivity index (χ4v) is 2.38. The third-order valence-electron chi connectivity index (χ3n) is 3.22. The molecule has 120 valence electrons. The van der Waals surface area contributed by atoms with E-state index < -0.39 is 12.0 Å². The molecule has 0 fully saturated rings. The van der Waals surface area contributed by atoms with Crippen LogP contribution < -0.4 is 0 Å². The normalized spacial score (nSPS) is 12.0. The molecule has 0 aliphatic rings. The van der Waals surface area contributed by atoms with E-state index in [1.165, 1.54) is 12.1 Å². The van der Waals surface area contributed by atoms with Gasteiger partial charge in [0, 0.05) is 0 Å². The maximum absolute atomic E-state index is 13.0. The van der Waals surface area contributed by atoms with E-state index in [0.29, 0.717) is 0 Å². The van der Waals surface area contributed by atoms with Crippen LogP contribution in [0.5, 0.6) is 0 Å². The van der Waals surface area contributed by atoms with Crippen molar-refractivity contribution in [2.24, 2.45) is 0 Å². The van der Waals surface area contributed by atoms with Gasteiger partial charge in [-0.15, -0.1) is 10.2 Å². The van der Waals surface area contributed by atoms with Gasteiger partial charge in [0.25, 0.3) is 0 Å². The fraction of sp³-hybridized carbons (Fsp3) is 0.200. The summed E-state index contributed by atoms with van der Waals surface area (Å²) >= 11 is 6.04. The van der Waals surface area contributed by atoms with Crippen molar-refractivity contribution < 1.29 is 17.9 Å². The zero-order valence-corrected chi connectivity index (χ0v) is 12.5. The lowest BCUT2D eigenvalue weighted by molar-refractivity contribution is -0.145. The number of rotatable bonds is 4. The monoisotopic (exact) mass is 341 g/mol. The maximum Gasteiger partial charge on any atom is 0.452 e. The summed E-state index contributed by atoms with van der Waals surface area (Å²) in [5.41, 5.74) is 1.15. The Morgan fingerprint density at radius 1 is 1.00 bits per heavy atom. The number of pyridine rings is 1. The zero-order valence-electron chi connectivity index (χ0n) is 11.7. The van der Waals surface area contributed by atoms with Crippen molar-refractivity contribution in [1.82, 2.24) is 14.6 Å². The molecule has 0 aliphatic heterocycles. The van der Waals surface area contributed by atoms with Gasteiger partial charge < -0.3 is 4.74 Å². The van der Waals surface area contributed by atoms with Crippen LogP contribution in [-0.2, 0) is 24.1 Å². The number of alkyl halides is 3. The van der Waals surface area contributed by atoms with E-state index in [-0.39, 0.29) is 29.6 Å². The van der Waals surface area contributed by atoms with Gasteiger partial charge in [0.05, 0.1) is 23.9 Å². The molecular formula is C15H11ClF3N3O. The fourth-order valence-electron chi connectivity index (χ4n) is 2.18. The van der Waals surface area contributed by atoms with Crippen molar-refractivity contribution in [3.8, 4) is 0 Å². The molecule has 0 spiro atoms. The molecule has 3 rings (SSSR count). The lowest BCUT2D eigenvalue weighted by Crippen LogP contribution is -2.14. The molecule has 3 aromatic rings. The van der Waals surface area contributed by atoms with Crippen LogP contribution in [0.3, 0.4) is 0 Å². The van der Waals surface area contributed by atoms with Crippen LogP contribution >= 0.6 is 11.6 Å². The SMILES string of the molecule is FC(F)(F)c1nnc2ccc(Cl)c(COCc3ccccc3)n12. The van der Waals surface area contributed by atoms with Gasteiger partial charge in [-0.1, -0.05) is 41.9 Å². The zero-order chi connectivity index (χ0) is 16.4. The molecule has 0 aliphatic carbocycles. The van der Waals surface area contributed by atoms with Crippen molar-refractivity contribution in [1.29, 1.82) is 0 Å². The van der Waals surface area contributed by atoms with Crippen molar-refractivity contribution in [2.45, 2.75) is 19.4 Å². The molecule has 0 amide bonds. The van der Waals surface area contributed by atoms with Crippen LogP contribution in [0.4, 0.5) is 13.2 Å². The second kappa shape index (κ2) is 6.17. The first-order valence-corrected chi connectivity index (χ1v) is 7.06. The standard InChI is InChI=1S/C15H11ClF3N3O/c16-11-6-7-13-20-21-14(15(17,18)19)22(13)12(11)9-23-8-10-4-2-1-3-5-10/h1-7H,8-9H2. The molecule has 2 heterocycles. The maximum atomic E-state index is 13.0. The molecule has 1 aromatic carbocycles. The van der Waals surface area contributed by atoms with Crippen LogP contribution in [-0.4, -0.2) is 14.6 Å². The number of aromatic nitrogens is 3. The number of hydrogen-bond acceptors (Lipinski definition) is 3. The predicted molar refractivity (Wildman–Crippen MR) is 77.9 cm³/mol. The van der Waals surface area contributed by atoms with E-state index in [2.05, 4.69) is 10.2 Å². The number of nitrogens with zero attached hydrogens (tertiary/aromatic N) is 3. The first kappa shape index (κ1) is 15.8. The molecular weight excluding hydrogens is 331 g/mol. The Morgan fingerprint density at radius 2 is 1.74 bits per heavy atom. The van der Waals surface area contributed by atoms with E-state index in [9.17, 15) is 13.2 Å². The number of benzene rings is 1. The minimum absolute atomic E-state index is 0.0695. The topological polar surface area (TPSA) is 39.4 Å². The minimum atomic E-state index is -4.63. The van der Waals surface area contributed by atoms with Crippen molar-refractivity contribution >= 4 is 17.2 Å². The molecule has 0 saturated heterocycles. The summed E-state index contributed by atoms with van der Waals surface area (Å²) in [6.45, 7) is 0.170. The lowest BCUT2D eigenvalue weighted by Gasteiger charge is -2.12. The van der Waals surface area contributed by atoms with E-state index >= 15 is 0 Å². The quantitative estimate of drug-likeness (QED) is 0.716. The summed E-state index contributed by atoms with van der Waals surface area (Å²) in [5, 5.41) is 6.90. The van der Waals surface area contributed by atoms with Gasteiger partial charge >= 0.3 is 6.18 Å². The highest BCUT2D eigenvalue weighted by atomic mass is 35.5. The molecule has 0 N–H and O–H groups in total. The van der Waals surface area contributed by atoms with E-state index in [4.69, 9.17) is 16.3 Å². The van der Waals surface area contributed by atoms with Crippen molar-refractivity contribution in [3.05, 3.63) is 64.6 Å². The minimum Gasteiger partial charge on any atom is -0.370 e. The van der Waals surface area contributed by atoms with Crippen LogP contribution in [0.25, 0.3) is 5.65 Å². The molecule has 0 saturated carbocycles. The second-order valence-electron chi connectivity index (χ2n) is 4.82. The van der Waals surface area contributed by atoms with Crippen LogP contribution in [0.15, 0.2) is 42.5 Å². The Kier molecular flexibility index (Phi) is 4.23. The Labute approximate surface area is 134 Å². The molecule has 0 atom stereocenters. The third-order valence-corrected chi connectivity index (χ3v) is 3.56. The highest BCUT2D eigenvalue weighted by molar-refractivity contribution is 6.31. The molecule has 0 radical (unpaired) electrons. The van der Waals surface area contributed by atoms with E-state index in [1.54, 1.807) is 0 Å². The average Bonchev–Trinajstić information content (AvgIpc) is 2.95. The third kappa shape index (κ3) is 3.30. The van der Waals surface area contributed by atoms with Gasteiger partial charge in [-0.05, 0) is 17.7 Å². The van der Waals surface area contributed by atoms with E-state index in [1.807, 2.05) is 30.3 Å². The summed E-state index contributed by atoms with van der Waals surface area (Å²) in [7, 11) is 0. The predicted octanol–water partition coefficient (Wildman–Crippen LogP) is 4.12. The van der Waals surface area contributed by atoms with Gasteiger partial charge in [0.1, 0.15) is 0 Å². The molecule has 8 heteroatoms. The first-order valence-electron chi connectivity index (χ1n) is 6.68. The second-order valence-corrected chi connectivity index (χ2v) is 5.23. The smallest absolute Gasteiger partial charge is 0.370 e. The highest BCUT2D eigenvalue weighted by Gasteiger charge is 2.37. The van der Waals surface area contributed by atoms with E-state index in [0.717, 1.165) is 9.96 Å². The summed E-state index contributed by atoms with van der Waals surface area (Å²) in [4.78, 5) is 0. The number of ether oxygens (including phenoxy) is 1. The van der Waals surface area contributed by atoms with Gasteiger partial charge in [-0.2, -0.15) is 13.2 Å². The molecule has 0 unspecified atom stereocenters. The van der Waals surface area contributed by atoms with Gasteiger partial charge in [0.2, 0.25) is 5.82 Å². The average molecular weight is 342 g/mol. The summed E-state index contributed by atoms with van der Waals surface area (Å²) < 4.78 is 45.5. The molecule has 2 aromatic heterocycles. The summed E-state index contributed by atoms with van der Waals surface area (Å²) in [6, 6.07) is 12.2. The van der Waals surface area contributed by atoms with Gasteiger partial charge in [-0.25, -0.2) is 0 Å². The molecule has 23 heavy (non-hydrogen) atoms. The summed E-state index contributed by atoms with van der Waals surface area (Å²) in [6.07, 6.45) is -4.63. The highest BCUT2D eigenvalue weighted by Crippen LogP contribution is 2.30. The summed E-state index contributed by atoms with van der Waals surface area (Å²) in [5.74, 6) is -1.12. The Hall–Kier alpha value is -2.12. The van der Waals surface area contributed by atoms with Crippen LogP contribution in [0.1, 0.15) is 17.1 Å². The lowest BCUT2D eigenvalue weighted by atomic mass is 10.2. The first-order chi connectivity index (χ1) is 11.0. The van der Waals surface area contributed by atoms with Crippen LogP contribution in [0.2, 0.25) is 5.02 Å². The number of fused-ring (bicyclic) bond motifs is 1. The Balaban J connectivity index is 1.90. The number of halogens is 4. The largest absolute Gasteiger partial charge is 0.452 e. The van der Waals surface area contributed by atoms with Gasteiger partial charge in [-0.3, -0.25) is 4.40 Å². The molecule has 0 bridgehead atoms. The van der Waals surface area contributed by atoms with Crippen molar-refractivity contribution in [3.63, 3.8) is 0 Å².